The number of carbonyl (C=O) groups is 1. The van der Waals surface area contributed by atoms with Gasteiger partial charge in [-0.15, -0.1) is 0 Å². The van der Waals surface area contributed by atoms with Crippen LogP contribution >= 0.6 is 0 Å². The second kappa shape index (κ2) is 7.16. The monoisotopic (exact) mass is 392 g/mol. The topological polar surface area (TPSA) is 55.1 Å². The van der Waals surface area contributed by atoms with Crippen molar-refractivity contribution < 1.29 is 9.21 Å². The van der Waals surface area contributed by atoms with Gasteiger partial charge >= 0.3 is 0 Å². The van der Waals surface area contributed by atoms with Crippen LogP contribution in [0.3, 0.4) is 0 Å². The molecule has 0 aliphatic heterocycles. The van der Waals surface area contributed by atoms with E-state index in [0.717, 1.165) is 16.3 Å². The zero-order valence-corrected chi connectivity index (χ0v) is 16.8. The summed E-state index contributed by atoms with van der Waals surface area (Å²) in [5.41, 5.74) is 6.06. The molecule has 0 bridgehead atoms. The molecule has 0 saturated carbocycles. The van der Waals surface area contributed by atoms with Crippen molar-refractivity contribution in [3.8, 4) is 11.5 Å². The molecule has 5 aromatic rings. The summed E-state index contributed by atoms with van der Waals surface area (Å²) >= 11 is 0. The standard InChI is InChI=1S/C26H20N2O2/c1-16-7-8-21(13-17(16)2)26-28-23-15-22(11-12-24(23)30-26)27-25(29)20-10-9-18-5-3-4-6-19(18)14-20/h3-15H,1-2H3,(H,27,29). The fourth-order valence-corrected chi connectivity index (χ4v) is 3.54. The fourth-order valence-electron chi connectivity index (χ4n) is 3.54. The number of rotatable bonds is 3. The molecule has 0 aliphatic rings. The van der Waals surface area contributed by atoms with Gasteiger partial charge in [0.2, 0.25) is 5.89 Å². The van der Waals surface area contributed by atoms with Gasteiger partial charge in [0.1, 0.15) is 5.52 Å². The third-order valence-corrected chi connectivity index (χ3v) is 5.41. The normalized spacial score (nSPS) is 11.1. The van der Waals surface area contributed by atoms with Gasteiger partial charge in [0.25, 0.3) is 5.91 Å². The van der Waals surface area contributed by atoms with Crippen molar-refractivity contribution in [2.45, 2.75) is 13.8 Å². The van der Waals surface area contributed by atoms with Crippen LogP contribution in [-0.2, 0) is 0 Å². The van der Waals surface area contributed by atoms with Crippen LogP contribution in [0.5, 0.6) is 0 Å². The van der Waals surface area contributed by atoms with Gasteiger partial charge in [-0.2, -0.15) is 0 Å². The largest absolute Gasteiger partial charge is 0.436 e. The summed E-state index contributed by atoms with van der Waals surface area (Å²) < 4.78 is 5.92. The van der Waals surface area contributed by atoms with Gasteiger partial charge in [-0.25, -0.2) is 4.98 Å². The van der Waals surface area contributed by atoms with Crippen LogP contribution in [0.1, 0.15) is 21.5 Å². The minimum absolute atomic E-state index is 0.155. The molecule has 0 spiro atoms. The number of hydrogen-bond donors (Lipinski definition) is 1. The maximum absolute atomic E-state index is 12.7. The van der Waals surface area contributed by atoms with Crippen molar-refractivity contribution in [1.82, 2.24) is 4.98 Å². The first-order valence-corrected chi connectivity index (χ1v) is 9.85. The molecule has 4 aromatic carbocycles. The highest BCUT2D eigenvalue weighted by molar-refractivity contribution is 6.07. The van der Waals surface area contributed by atoms with Crippen molar-refractivity contribution in [2.75, 3.05) is 5.32 Å². The Bertz CT molecular complexity index is 1420. The molecule has 0 fully saturated rings. The first-order chi connectivity index (χ1) is 14.6. The first-order valence-electron chi connectivity index (χ1n) is 9.85. The van der Waals surface area contributed by atoms with Gasteiger partial charge in [-0.1, -0.05) is 36.4 Å². The van der Waals surface area contributed by atoms with Gasteiger partial charge in [0.05, 0.1) is 0 Å². The summed E-state index contributed by atoms with van der Waals surface area (Å²) in [7, 11) is 0. The highest BCUT2D eigenvalue weighted by Gasteiger charge is 2.12. The average molecular weight is 392 g/mol. The Labute approximate surface area is 174 Å². The van der Waals surface area contributed by atoms with Crippen LogP contribution in [0.2, 0.25) is 0 Å². The minimum Gasteiger partial charge on any atom is -0.436 e. The number of benzene rings is 4. The Hall–Kier alpha value is -3.92. The van der Waals surface area contributed by atoms with E-state index >= 15 is 0 Å². The predicted molar refractivity (Wildman–Crippen MR) is 121 cm³/mol. The molecule has 0 saturated heterocycles. The molecule has 1 heterocycles. The molecule has 1 N–H and O–H groups in total. The van der Waals surface area contributed by atoms with Crippen LogP contribution < -0.4 is 5.32 Å². The maximum Gasteiger partial charge on any atom is 0.255 e. The van der Waals surface area contributed by atoms with Gasteiger partial charge in [0.15, 0.2) is 5.58 Å². The molecule has 30 heavy (non-hydrogen) atoms. The molecule has 1 amide bonds. The van der Waals surface area contributed by atoms with Crippen LogP contribution in [0.15, 0.2) is 83.3 Å². The van der Waals surface area contributed by atoms with E-state index in [0.29, 0.717) is 28.2 Å². The molecule has 0 radical (unpaired) electrons. The number of aryl methyl sites for hydroxylation is 2. The van der Waals surface area contributed by atoms with Gasteiger partial charge < -0.3 is 9.73 Å². The molecule has 0 atom stereocenters. The van der Waals surface area contributed by atoms with E-state index in [2.05, 4.69) is 36.3 Å². The maximum atomic E-state index is 12.7. The van der Waals surface area contributed by atoms with E-state index in [1.165, 1.54) is 11.1 Å². The Morgan fingerprint density at radius 2 is 1.67 bits per heavy atom. The van der Waals surface area contributed by atoms with Crippen molar-refractivity contribution >= 4 is 33.5 Å². The second-order valence-electron chi connectivity index (χ2n) is 7.52. The number of anilines is 1. The number of carbonyl (C=O) groups excluding carboxylic acids is 1. The smallest absolute Gasteiger partial charge is 0.255 e. The Morgan fingerprint density at radius 3 is 2.50 bits per heavy atom. The lowest BCUT2D eigenvalue weighted by molar-refractivity contribution is 0.102. The Balaban J connectivity index is 1.42. The summed E-state index contributed by atoms with van der Waals surface area (Å²) in [5, 5.41) is 5.11. The fraction of sp³-hybridized carbons (Fsp3) is 0.0769. The highest BCUT2D eigenvalue weighted by atomic mass is 16.3. The van der Waals surface area contributed by atoms with Crippen molar-refractivity contribution in [1.29, 1.82) is 0 Å². The quantitative estimate of drug-likeness (QED) is 0.380. The molecular weight excluding hydrogens is 372 g/mol. The third kappa shape index (κ3) is 3.33. The van der Waals surface area contributed by atoms with Crippen molar-refractivity contribution in [3.05, 3.63) is 95.6 Å². The summed E-state index contributed by atoms with van der Waals surface area (Å²) in [4.78, 5) is 17.4. The van der Waals surface area contributed by atoms with Crippen LogP contribution in [0.25, 0.3) is 33.3 Å². The molecule has 4 nitrogen and oxygen atoms in total. The van der Waals surface area contributed by atoms with E-state index in [-0.39, 0.29) is 5.91 Å². The number of hydrogen-bond acceptors (Lipinski definition) is 3. The van der Waals surface area contributed by atoms with Crippen molar-refractivity contribution in [3.63, 3.8) is 0 Å². The lowest BCUT2D eigenvalue weighted by Gasteiger charge is -2.06. The molecule has 0 unspecified atom stereocenters. The zero-order valence-electron chi connectivity index (χ0n) is 16.8. The number of aromatic nitrogens is 1. The Kier molecular flexibility index (Phi) is 4.32. The van der Waals surface area contributed by atoms with E-state index in [9.17, 15) is 4.79 Å². The molecular formula is C26H20N2O2. The average Bonchev–Trinajstić information content (AvgIpc) is 3.18. The summed E-state index contributed by atoms with van der Waals surface area (Å²) in [6.07, 6.45) is 0. The third-order valence-electron chi connectivity index (χ3n) is 5.41. The van der Waals surface area contributed by atoms with Gasteiger partial charge in [-0.3, -0.25) is 4.79 Å². The lowest BCUT2D eigenvalue weighted by atomic mass is 10.1. The number of oxazole rings is 1. The highest BCUT2D eigenvalue weighted by Crippen LogP contribution is 2.28. The minimum atomic E-state index is -0.155. The Morgan fingerprint density at radius 1 is 0.833 bits per heavy atom. The summed E-state index contributed by atoms with van der Waals surface area (Å²) in [5.74, 6) is 0.420. The summed E-state index contributed by atoms with van der Waals surface area (Å²) in [6, 6.07) is 25.3. The molecule has 4 heteroatoms. The van der Waals surface area contributed by atoms with E-state index < -0.39 is 0 Å². The number of nitrogens with zero attached hydrogens (tertiary/aromatic N) is 1. The second-order valence-corrected chi connectivity index (χ2v) is 7.52. The molecule has 0 aliphatic carbocycles. The van der Waals surface area contributed by atoms with E-state index in [4.69, 9.17) is 4.42 Å². The van der Waals surface area contributed by atoms with Gasteiger partial charge in [0, 0.05) is 16.8 Å². The van der Waals surface area contributed by atoms with Crippen LogP contribution in [0, 0.1) is 13.8 Å². The zero-order chi connectivity index (χ0) is 20.7. The SMILES string of the molecule is Cc1ccc(-c2nc3cc(NC(=O)c4ccc5ccccc5c4)ccc3o2)cc1C. The summed E-state index contributed by atoms with van der Waals surface area (Å²) in [6.45, 7) is 4.15. The molecule has 146 valence electrons. The first kappa shape index (κ1) is 18.1. The van der Waals surface area contributed by atoms with Crippen molar-refractivity contribution in [2.24, 2.45) is 0 Å². The number of nitrogens with one attached hydrogen (secondary N) is 1. The van der Waals surface area contributed by atoms with Crippen LogP contribution in [-0.4, -0.2) is 10.9 Å². The number of amides is 1. The van der Waals surface area contributed by atoms with E-state index in [1.54, 1.807) is 0 Å². The molecule has 1 aromatic heterocycles. The van der Waals surface area contributed by atoms with Crippen LogP contribution in [0.4, 0.5) is 5.69 Å². The van der Waals surface area contributed by atoms with Gasteiger partial charge in [-0.05, 0) is 78.2 Å². The van der Waals surface area contributed by atoms with E-state index in [1.807, 2.05) is 66.7 Å². The predicted octanol–water partition coefficient (Wildman–Crippen LogP) is 6.52. The molecule has 5 rings (SSSR count). The number of fused-ring (bicyclic) bond motifs is 2. The lowest BCUT2D eigenvalue weighted by Crippen LogP contribution is -2.11.